The number of rotatable bonds is 11. The molecule has 3 rings (SSSR count). The Morgan fingerprint density at radius 1 is 1.08 bits per heavy atom. The van der Waals surface area contributed by atoms with Crippen LogP contribution < -0.4 is 9.46 Å². The van der Waals surface area contributed by atoms with E-state index in [1.165, 1.54) is 19.2 Å². The highest BCUT2D eigenvalue weighted by Gasteiger charge is 2.34. The van der Waals surface area contributed by atoms with Gasteiger partial charge >= 0.3 is 12.1 Å². The fourth-order valence-corrected chi connectivity index (χ4v) is 5.46. The summed E-state index contributed by atoms with van der Waals surface area (Å²) in [5.41, 5.74) is 0.542. The predicted molar refractivity (Wildman–Crippen MR) is 131 cm³/mol. The molecule has 0 bridgehead atoms. The summed E-state index contributed by atoms with van der Waals surface area (Å²) < 4.78 is 72.0. The number of benzene rings is 2. The number of sulfonamides is 1. The van der Waals surface area contributed by atoms with Crippen molar-refractivity contribution in [3.05, 3.63) is 72.4 Å². The number of pyridine rings is 1. The number of hydrogen-bond donors (Lipinski definition) is 3. The Labute approximate surface area is 215 Å². The molecule has 0 aliphatic heterocycles. The number of carboxylic acid groups (broad SMARTS) is 1. The molecule has 0 aliphatic rings. The van der Waals surface area contributed by atoms with Crippen molar-refractivity contribution in [2.24, 2.45) is 0 Å². The van der Waals surface area contributed by atoms with E-state index in [0.29, 0.717) is 17.5 Å². The average Bonchev–Trinajstić information content (AvgIpc) is 2.86. The van der Waals surface area contributed by atoms with Crippen molar-refractivity contribution >= 4 is 27.8 Å². The first-order valence-corrected chi connectivity index (χ1v) is 13.2. The van der Waals surface area contributed by atoms with Crippen LogP contribution in [0.15, 0.2) is 76.8 Å². The molecule has 3 aromatic rings. The summed E-state index contributed by atoms with van der Waals surface area (Å²) in [6.45, 7) is 0. The molecule has 0 radical (unpaired) electrons. The van der Waals surface area contributed by atoms with Gasteiger partial charge in [-0.05, 0) is 47.5 Å². The number of aliphatic hydroxyl groups is 1. The third-order valence-electron chi connectivity index (χ3n) is 5.18. The maximum atomic E-state index is 13.1. The smallest absolute Gasteiger partial charge is 0.419 e. The molecule has 0 saturated heterocycles. The highest BCUT2D eigenvalue weighted by Crippen LogP contribution is 2.35. The van der Waals surface area contributed by atoms with Crippen LogP contribution >= 0.6 is 11.8 Å². The highest BCUT2D eigenvalue weighted by molar-refractivity contribution is 7.99. The molecule has 3 N–H and O–H groups in total. The molecule has 198 valence electrons. The third kappa shape index (κ3) is 7.68. The van der Waals surface area contributed by atoms with Crippen LogP contribution in [0.3, 0.4) is 0 Å². The van der Waals surface area contributed by atoms with Crippen molar-refractivity contribution in [3.63, 3.8) is 0 Å². The zero-order valence-electron chi connectivity index (χ0n) is 19.3. The number of aliphatic hydroxyl groups excluding tert-OH is 1. The minimum atomic E-state index is -4.65. The maximum Gasteiger partial charge on any atom is 0.419 e. The fourth-order valence-electron chi connectivity index (χ4n) is 3.30. The van der Waals surface area contributed by atoms with Gasteiger partial charge in [-0.3, -0.25) is 4.79 Å². The number of carboxylic acids is 1. The van der Waals surface area contributed by atoms with Gasteiger partial charge in [-0.15, -0.1) is 11.8 Å². The Balaban J connectivity index is 1.66. The zero-order chi connectivity index (χ0) is 27.2. The van der Waals surface area contributed by atoms with Crippen LogP contribution in [0.1, 0.15) is 12.0 Å². The molecule has 37 heavy (non-hydrogen) atoms. The number of hydrogen-bond acceptors (Lipinski definition) is 7. The van der Waals surface area contributed by atoms with Crippen molar-refractivity contribution in [3.8, 4) is 16.9 Å². The fraction of sp³-hybridized carbons (Fsp3) is 0.250. The lowest BCUT2D eigenvalue weighted by Gasteiger charge is -2.19. The van der Waals surface area contributed by atoms with E-state index in [1.54, 1.807) is 36.4 Å². The Morgan fingerprint density at radius 3 is 2.22 bits per heavy atom. The Bertz CT molecular complexity index is 1320. The number of aliphatic carboxylic acids is 1. The molecule has 13 heteroatoms. The molecule has 8 nitrogen and oxygen atoms in total. The van der Waals surface area contributed by atoms with E-state index in [1.807, 2.05) is 4.72 Å². The summed E-state index contributed by atoms with van der Waals surface area (Å²) in [7, 11) is -2.75. The van der Waals surface area contributed by atoms with Crippen LogP contribution in [0.5, 0.6) is 5.75 Å². The second kappa shape index (κ2) is 11.9. The Hall–Kier alpha value is -3.13. The van der Waals surface area contributed by atoms with E-state index in [9.17, 15) is 36.6 Å². The minimum absolute atomic E-state index is 0.191. The van der Waals surface area contributed by atoms with E-state index in [-0.39, 0.29) is 15.7 Å². The van der Waals surface area contributed by atoms with Gasteiger partial charge in [0.05, 0.1) is 23.7 Å². The third-order valence-corrected chi connectivity index (χ3v) is 7.82. The molecular formula is C24H23F3N2O6S2. The van der Waals surface area contributed by atoms with Gasteiger partial charge < -0.3 is 14.9 Å². The molecule has 0 saturated carbocycles. The van der Waals surface area contributed by atoms with Crippen molar-refractivity contribution in [1.82, 2.24) is 9.71 Å². The van der Waals surface area contributed by atoms with Gasteiger partial charge in [0.1, 0.15) is 16.8 Å². The largest absolute Gasteiger partial charge is 0.497 e. The molecule has 2 aromatic carbocycles. The predicted octanol–water partition coefficient (Wildman–Crippen LogP) is 4.05. The molecule has 1 heterocycles. The lowest BCUT2D eigenvalue weighted by molar-refractivity contribution is -0.140. The maximum absolute atomic E-state index is 13.1. The quantitative estimate of drug-likeness (QED) is 0.302. The van der Waals surface area contributed by atoms with Crippen LogP contribution in [0.2, 0.25) is 0 Å². The summed E-state index contributed by atoms with van der Waals surface area (Å²) in [5.74, 6) is -1.22. The molecule has 0 fully saturated rings. The van der Waals surface area contributed by atoms with Gasteiger partial charge in [0, 0.05) is 18.4 Å². The van der Waals surface area contributed by atoms with Gasteiger partial charge in [-0.2, -0.15) is 17.9 Å². The van der Waals surface area contributed by atoms with Crippen LogP contribution in [-0.2, 0) is 21.0 Å². The van der Waals surface area contributed by atoms with Gasteiger partial charge in [0.2, 0.25) is 10.0 Å². The first-order valence-electron chi connectivity index (χ1n) is 10.7. The Kier molecular flexibility index (Phi) is 9.18. The topological polar surface area (TPSA) is 126 Å². The lowest BCUT2D eigenvalue weighted by atomic mass is 10.1. The minimum Gasteiger partial charge on any atom is -0.497 e. The van der Waals surface area contributed by atoms with Crippen molar-refractivity contribution in [2.75, 3.05) is 12.9 Å². The standard InChI is InChI=1S/C24H23F3N2O6S2/c1-35-18-8-4-15(5-9-18)16-6-10-19(11-7-16)37(33,34)29-21(23(31)32)13-17(30)14-36-22-20(24(25,26)27)3-2-12-28-22/h2-12,17,21,29-30H,13-14H2,1H3,(H,31,32). The van der Waals surface area contributed by atoms with Crippen LogP contribution in [0.25, 0.3) is 11.1 Å². The summed E-state index contributed by atoms with van der Waals surface area (Å²) in [4.78, 5) is 15.2. The number of nitrogens with one attached hydrogen (secondary N) is 1. The van der Waals surface area contributed by atoms with E-state index < -0.39 is 46.3 Å². The van der Waals surface area contributed by atoms with E-state index in [4.69, 9.17) is 4.74 Å². The zero-order valence-corrected chi connectivity index (χ0v) is 21.0. The number of thioether (sulfide) groups is 1. The highest BCUT2D eigenvalue weighted by atomic mass is 32.2. The van der Waals surface area contributed by atoms with Gasteiger partial charge in [0.15, 0.2) is 0 Å². The van der Waals surface area contributed by atoms with Gasteiger partial charge in [-0.25, -0.2) is 13.4 Å². The van der Waals surface area contributed by atoms with E-state index in [0.717, 1.165) is 29.5 Å². The number of aromatic nitrogens is 1. The van der Waals surface area contributed by atoms with E-state index >= 15 is 0 Å². The number of carbonyl (C=O) groups is 1. The normalized spacial score (nSPS) is 13.6. The molecule has 2 unspecified atom stereocenters. The second-order valence-corrected chi connectivity index (χ2v) is 10.5. The summed E-state index contributed by atoms with van der Waals surface area (Å²) in [6.07, 6.45) is -5.49. The van der Waals surface area contributed by atoms with Crippen LogP contribution in [-0.4, -0.2) is 54.6 Å². The van der Waals surface area contributed by atoms with Gasteiger partial charge in [-0.1, -0.05) is 24.3 Å². The number of ether oxygens (including phenoxy) is 1. The van der Waals surface area contributed by atoms with Gasteiger partial charge in [0.25, 0.3) is 0 Å². The average molecular weight is 557 g/mol. The first-order chi connectivity index (χ1) is 17.4. The van der Waals surface area contributed by atoms with Crippen molar-refractivity contribution in [1.29, 1.82) is 0 Å². The van der Waals surface area contributed by atoms with Crippen LogP contribution in [0, 0.1) is 0 Å². The van der Waals surface area contributed by atoms with Crippen molar-refractivity contribution < 1.29 is 41.3 Å². The monoisotopic (exact) mass is 556 g/mol. The summed E-state index contributed by atoms with van der Waals surface area (Å²) >= 11 is 0.593. The Morgan fingerprint density at radius 2 is 1.68 bits per heavy atom. The molecule has 0 amide bonds. The van der Waals surface area contributed by atoms with Crippen molar-refractivity contribution in [2.45, 2.75) is 34.7 Å². The molecule has 0 spiro atoms. The van der Waals surface area contributed by atoms with E-state index in [2.05, 4.69) is 4.98 Å². The summed E-state index contributed by atoms with van der Waals surface area (Å²) in [6, 6.07) is 13.1. The molecule has 0 aliphatic carbocycles. The molecule has 2 atom stereocenters. The lowest BCUT2D eigenvalue weighted by Crippen LogP contribution is -2.43. The summed E-state index contributed by atoms with van der Waals surface area (Å²) in [5, 5.41) is 19.4. The molecular weight excluding hydrogens is 533 g/mol. The number of nitrogens with zero attached hydrogens (tertiary/aromatic N) is 1. The second-order valence-electron chi connectivity index (χ2n) is 7.82. The number of methoxy groups -OCH3 is 1. The first kappa shape index (κ1) is 28.4. The SMILES string of the molecule is COc1ccc(-c2ccc(S(=O)(=O)NC(CC(O)CSc3ncccc3C(F)(F)F)C(=O)O)cc2)cc1. The number of alkyl halides is 3. The van der Waals surface area contributed by atoms with Crippen LogP contribution in [0.4, 0.5) is 13.2 Å². The number of halogens is 3. The molecule has 1 aromatic heterocycles.